The van der Waals surface area contributed by atoms with Crippen molar-refractivity contribution in [1.29, 1.82) is 0 Å². The molecule has 0 aromatic heterocycles. The van der Waals surface area contributed by atoms with E-state index in [0.29, 0.717) is 65.8 Å². The van der Waals surface area contributed by atoms with Crippen molar-refractivity contribution >= 4 is 18.0 Å². The summed E-state index contributed by atoms with van der Waals surface area (Å²) in [6.45, 7) is 3.91. The fraction of sp³-hybridized carbons (Fsp3) is 0.792. The Bertz CT molecular complexity index is 602. The molecule has 0 spiro atoms. The van der Waals surface area contributed by atoms with Crippen LogP contribution in [-0.4, -0.2) is 95.1 Å². The average molecular weight is 503 g/mol. The number of carbonyl (C=O) groups excluding carboxylic acids is 2. The molecule has 0 saturated heterocycles. The zero-order chi connectivity index (χ0) is 25.4. The van der Waals surface area contributed by atoms with E-state index >= 15 is 0 Å². The van der Waals surface area contributed by atoms with Gasteiger partial charge in [0.15, 0.2) is 0 Å². The quantitative estimate of drug-likeness (QED) is 0.168. The Hall–Kier alpha value is -2.21. The van der Waals surface area contributed by atoms with Gasteiger partial charge in [0, 0.05) is 25.9 Å². The normalized spacial score (nSPS) is 16.6. The van der Waals surface area contributed by atoms with Crippen LogP contribution in [0.3, 0.4) is 0 Å². The zero-order valence-electron chi connectivity index (χ0n) is 20.7. The first-order valence-corrected chi connectivity index (χ1v) is 12.5. The minimum absolute atomic E-state index is 0.0161. The van der Waals surface area contributed by atoms with Crippen LogP contribution < -0.4 is 10.6 Å². The number of ether oxygens (including phenoxy) is 5. The second-order valence-electron chi connectivity index (χ2n) is 7.98. The highest BCUT2D eigenvalue weighted by Crippen LogP contribution is 2.15. The van der Waals surface area contributed by atoms with Gasteiger partial charge >= 0.3 is 12.1 Å². The molecule has 0 aromatic rings. The van der Waals surface area contributed by atoms with Gasteiger partial charge in [-0.25, -0.2) is 4.79 Å². The maximum atomic E-state index is 11.8. The third kappa shape index (κ3) is 20.8. The van der Waals surface area contributed by atoms with Crippen LogP contribution in [0.15, 0.2) is 12.2 Å². The lowest BCUT2D eigenvalue weighted by molar-refractivity contribution is -0.137. The lowest BCUT2D eigenvalue weighted by Crippen LogP contribution is -2.31. The van der Waals surface area contributed by atoms with Crippen LogP contribution in [0.4, 0.5) is 4.79 Å². The number of carboxylic acids is 1. The molecule has 202 valence electrons. The highest BCUT2D eigenvalue weighted by atomic mass is 16.6. The van der Waals surface area contributed by atoms with Crippen LogP contribution in [0, 0.1) is 0 Å². The molecule has 1 aliphatic rings. The number of carboxylic acid groups (broad SMARTS) is 1. The second kappa shape index (κ2) is 22.3. The van der Waals surface area contributed by atoms with Crippen molar-refractivity contribution in [2.75, 3.05) is 65.9 Å². The minimum Gasteiger partial charge on any atom is -0.481 e. The molecule has 0 radical (unpaired) electrons. The molecular formula is C24H42N2O9. The van der Waals surface area contributed by atoms with Gasteiger partial charge in [-0.2, -0.15) is 0 Å². The summed E-state index contributed by atoms with van der Waals surface area (Å²) in [5.74, 6) is -1.03. The first-order chi connectivity index (χ1) is 17.1. The van der Waals surface area contributed by atoms with Crippen molar-refractivity contribution in [2.45, 2.75) is 57.5 Å². The van der Waals surface area contributed by atoms with E-state index in [0.717, 1.165) is 32.1 Å². The molecule has 11 nitrogen and oxygen atoms in total. The van der Waals surface area contributed by atoms with Crippen LogP contribution >= 0.6 is 0 Å². The number of alkyl carbamates (subject to hydrolysis) is 1. The summed E-state index contributed by atoms with van der Waals surface area (Å²) in [4.78, 5) is 33.7. The van der Waals surface area contributed by atoms with Crippen LogP contribution in [0.5, 0.6) is 0 Å². The summed E-state index contributed by atoms with van der Waals surface area (Å²) in [6.07, 6.45) is 9.40. The number of hydrogen-bond donors (Lipinski definition) is 3. The molecule has 11 heteroatoms. The van der Waals surface area contributed by atoms with E-state index < -0.39 is 12.1 Å². The van der Waals surface area contributed by atoms with Crippen molar-refractivity contribution < 1.29 is 43.2 Å². The summed E-state index contributed by atoms with van der Waals surface area (Å²) < 4.78 is 27.0. The molecule has 1 unspecified atom stereocenters. The van der Waals surface area contributed by atoms with Gasteiger partial charge in [0.05, 0.1) is 52.9 Å². The SMILES string of the molecule is O=C(O)CCCNC(=O)CCOCCOCCOCCOCCNC(=O)OC1CC/C=C/CCC1. The summed E-state index contributed by atoms with van der Waals surface area (Å²) in [5.41, 5.74) is 0. The van der Waals surface area contributed by atoms with E-state index in [2.05, 4.69) is 22.8 Å². The smallest absolute Gasteiger partial charge is 0.407 e. The van der Waals surface area contributed by atoms with Gasteiger partial charge in [-0.05, 0) is 38.5 Å². The molecule has 2 amide bonds. The Morgan fingerprint density at radius 1 is 0.743 bits per heavy atom. The third-order valence-electron chi connectivity index (χ3n) is 4.99. The van der Waals surface area contributed by atoms with Crippen molar-refractivity contribution in [3.8, 4) is 0 Å². The van der Waals surface area contributed by atoms with Crippen LogP contribution in [-0.2, 0) is 33.3 Å². The summed E-state index contributed by atoms with van der Waals surface area (Å²) in [5, 5.41) is 13.9. The zero-order valence-corrected chi connectivity index (χ0v) is 20.7. The third-order valence-corrected chi connectivity index (χ3v) is 4.99. The fourth-order valence-electron chi connectivity index (χ4n) is 3.14. The molecule has 0 aliphatic heterocycles. The summed E-state index contributed by atoms with van der Waals surface area (Å²) in [6, 6.07) is 0. The molecule has 35 heavy (non-hydrogen) atoms. The minimum atomic E-state index is -0.872. The first kappa shape index (κ1) is 30.8. The molecule has 0 fully saturated rings. The topological polar surface area (TPSA) is 142 Å². The van der Waals surface area contributed by atoms with Crippen LogP contribution in [0.25, 0.3) is 0 Å². The maximum Gasteiger partial charge on any atom is 0.407 e. The van der Waals surface area contributed by atoms with Gasteiger partial charge in [-0.3, -0.25) is 9.59 Å². The number of rotatable bonds is 20. The van der Waals surface area contributed by atoms with Crippen LogP contribution in [0.2, 0.25) is 0 Å². The standard InChI is InChI=1S/C24H42N2O9/c27-22(25-11-6-9-23(28)29)10-13-31-15-17-33-19-20-34-18-16-32-14-12-26-24(30)35-21-7-4-2-1-3-5-8-21/h1-2,21H,3-20H2,(H,25,27)(H,26,30)(H,28,29)/b2-1+. The van der Waals surface area contributed by atoms with E-state index in [-0.39, 0.29) is 31.5 Å². The van der Waals surface area contributed by atoms with Gasteiger partial charge in [-0.15, -0.1) is 0 Å². The molecule has 1 atom stereocenters. The van der Waals surface area contributed by atoms with Crippen molar-refractivity contribution in [3.63, 3.8) is 0 Å². The lowest BCUT2D eigenvalue weighted by Gasteiger charge is -2.18. The Labute approximate surface area is 207 Å². The highest BCUT2D eigenvalue weighted by molar-refractivity contribution is 5.76. The second-order valence-corrected chi connectivity index (χ2v) is 7.98. The maximum absolute atomic E-state index is 11.8. The van der Waals surface area contributed by atoms with Gasteiger partial charge in [-0.1, -0.05) is 12.2 Å². The summed E-state index contributed by atoms with van der Waals surface area (Å²) >= 11 is 0. The van der Waals surface area contributed by atoms with E-state index in [1.807, 2.05) is 0 Å². The molecule has 0 bridgehead atoms. The number of aliphatic carboxylic acids is 1. The van der Waals surface area contributed by atoms with Crippen LogP contribution in [0.1, 0.15) is 51.4 Å². The fourth-order valence-corrected chi connectivity index (χ4v) is 3.14. The van der Waals surface area contributed by atoms with E-state index in [4.69, 9.17) is 28.8 Å². The molecule has 0 heterocycles. The molecule has 0 saturated carbocycles. The molecule has 1 rings (SSSR count). The van der Waals surface area contributed by atoms with Gasteiger partial charge < -0.3 is 39.4 Å². The van der Waals surface area contributed by atoms with E-state index in [9.17, 15) is 14.4 Å². The van der Waals surface area contributed by atoms with Crippen molar-refractivity contribution in [1.82, 2.24) is 10.6 Å². The molecular weight excluding hydrogens is 460 g/mol. The van der Waals surface area contributed by atoms with Gasteiger partial charge in [0.2, 0.25) is 5.91 Å². The highest BCUT2D eigenvalue weighted by Gasteiger charge is 2.14. The number of amides is 2. The average Bonchev–Trinajstić information content (AvgIpc) is 2.80. The first-order valence-electron chi connectivity index (χ1n) is 12.5. The van der Waals surface area contributed by atoms with Crippen molar-refractivity contribution in [3.05, 3.63) is 12.2 Å². The number of carbonyl (C=O) groups is 3. The Morgan fingerprint density at radius 2 is 1.37 bits per heavy atom. The van der Waals surface area contributed by atoms with Gasteiger partial charge in [0.25, 0.3) is 0 Å². The molecule has 1 aliphatic carbocycles. The lowest BCUT2D eigenvalue weighted by atomic mass is 10.0. The van der Waals surface area contributed by atoms with Gasteiger partial charge in [0.1, 0.15) is 6.10 Å². The number of allylic oxidation sites excluding steroid dienone is 2. The van der Waals surface area contributed by atoms with E-state index in [1.165, 1.54) is 0 Å². The Morgan fingerprint density at radius 3 is 2.06 bits per heavy atom. The van der Waals surface area contributed by atoms with Crippen molar-refractivity contribution in [2.24, 2.45) is 0 Å². The summed E-state index contributed by atoms with van der Waals surface area (Å²) in [7, 11) is 0. The number of nitrogens with one attached hydrogen (secondary N) is 2. The largest absolute Gasteiger partial charge is 0.481 e. The molecule has 3 N–H and O–H groups in total. The Balaban J connectivity index is 1.77. The Kier molecular flexibility index (Phi) is 19.6. The molecule has 0 aromatic carbocycles. The predicted molar refractivity (Wildman–Crippen MR) is 128 cm³/mol. The monoisotopic (exact) mass is 502 g/mol. The predicted octanol–water partition coefficient (Wildman–Crippen LogP) is 2.04. The number of hydrogen-bond acceptors (Lipinski definition) is 8. The van der Waals surface area contributed by atoms with E-state index in [1.54, 1.807) is 0 Å².